The second kappa shape index (κ2) is 2.88. The topological polar surface area (TPSA) is 49.7 Å². The molecular weight excluding hydrogens is 140 g/mol. The van der Waals surface area contributed by atoms with Crippen LogP contribution >= 0.6 is 12.6 Å². The molecule has 54 valence electrons. The van der Waals surface area contributed by atoms with Crippen LogP contribution < -0.4 is 0 Å². The van der Waals surface area contributed by atoms with Gasteiger partial charge in [-0.25, -0.2) is 0 Å². The fraction of sp³-hybridized carbons (Fsp3) is 1.00. The summed E-state index contributed by atoms with van der Waals surface area (Å²) in [7, 11) is 0. The van der Waals surface area contributed by atoms with Gasteiger partial charge in [0, 0.05) is 12.2 Å². The number of ether oxygens (including phenoxy) is 1. The Morgan fingerprint density at radius 3 is 2.44 bits per heavy atom. The third kappa shape index (κ3) is 1.58. The lowest BCUT2D eigenvalue weighted by molar-refractivity contribution is -0.0873. The van der Waals surface area contributed by atoms with Crippen molar-refractivity contribution in [2.75, 3.05) is 5.75 Å². The molecule has 0 aromatic heterocycles. The van der Waals surface area contributed by atoms with Gasteiger partial charge in [-0.3, -0.25) is 0 Å². The molecule has 1 saturated heterocycles. The minimum absolute atomic E-state index is 0.289. The molecule has 0 saturated carbocycles. The van der Waals surface area contributed by atoms with E-state index in [9.17, 15) is 0 Å². The van der Waals surface area contributed by atoms with E-state index in [4.69, 9.17) is 14.9 Å². The van der Waals surface area contributed by atoms with Crippen LogP contribution in [0.2, 0.25) is 0 Å². The fourth-order valence-corrected chi connectivity index (χ4v) is 1.20. The Hall–Kier alpha value is 0.230. The van der Waals surface area contributed by atoms with Crippen LogP contribution in [0, 0.1) is 0 Å². The van der Waals surface area contributed by atoms with Crippen LogP contribution in [0.15, 0.2) is 0 Å². The quantitative estimate of drug-likeness (QED) is 0.437. The molecule has 0 bridgehead atoms. The molecule has 3 nitrogen and oxygen atoms in total. The lowest BCUT2D eigenvalue weighted by Crippen LogP contribution is -2.22. The van der Waals surface area contributed by atoms with Gasteiger partial charge in [-0.05, 0) is 0 Å². The molecule has 0 aromatic carbocycles. The largest absolute Gasteiger partial charge is 0.390 e. The predicted octanol–water partition coefficient (Wildman–Crippen LogP) is -0.616. The molecule has 1 aliphatic rings. The minimum Gasteiger partial charge on any atom is -0.390 e. The van der Waals surface area contributed by atoms with E-state index in [2.05, 4.69) is 12.6 Å². The summed E-state index contributed by atoms with van der Waals surface area (Å²) < 4.78 is 4.85. The van der Waals surface area contributed by atoms with Gasteiger partial charge in [0.1, 0.15) is 0 Å². The number of aliphatic hydroxyl groups is 2. The summed E-state index contributed by atoms with van der Waals surface area (Å²) in [5.74, 6) is 0.457. The van der Waals surface area contributed by atoms with Gasteiger partial charge in [-0.15, -0.1) is 0 Å². The lowest BCUT2D eigenvalue weighted by atomic mass is 10.2. The molecule has 9 heavy (non-hydrogen) atoms. The molecule has 0 amide bonds. The highest BCUT2D eigenvalue weighted by atomic mass is 32.1. The van der Waals surface area contributed by atoms with E-state index in [1.807, 2.05) is 0 Å². The fourth-order valence-electron chi connectivity index (χ4n) is 0.871. The summed E-state index contributed by atoms with van der Waals surface area (Å²) in [5.41, 5.74) is 0. The second-order valence-electron chi connectivity index (χ2n) is 2.11. The minimum atomic E-state index is -0.794. The van der Waals surface area contributed by atoms with Gasteiger partial charge in [0.2, 0.25) is 0 Å². The Morgan fingerprint density at radius 2 is 2.22 bits per heavy atom. The zero-order valence-corrected chi connectivity index (χ0v) is 5.79. The Labute approximate surface area is 59.1 Å². The molecule has 0 radical (unpaired) electrons. The predicted molar refractivity (Wildman–Crippen MR) is 35.4 cm³/mol. The monoisotopic (exact) mass is 150 g/mol. The zero-order valence-electron chi connectivity index (χ0n) is 4.90. The highest BCUT2D eigenvalue weighted by Crippen LogP contribution is 2.18. The number of aliphatic hydroxyl groups excluding tert-OH is 2. The van der Waals surface area contributed by atoms with Crippen molar-refractivity contribution in [1.82, 2.24) is 0 Å². The van der Waals surface area contributed by atoms with Crippen LogP contribution in [0.1, 0.15) is 6.42 Å². The number of hydrogen-bond acceptors (Lipinski definition) is 4. The van der Waals surface area contributed by atoms with Crippen molar-refractivity contribution in [3.05, 3.63) is 0 Å². The van der Waals surface area contributed by atoms with Crippen LogP contribution in [0.3, 0.4) is 0 Å². The zero-order chi connectivity index (χ0) is 6.85. The van der Waals surface area contributed by atoms with Crippen molar-refractivity contribution in [2.45, 2.75) is 24.9 Å². The molecule has 0 aliphatic carbocycles. The average molecular weight is 150 g/mol. The van der Waals surface area contributed by atoms with Gasteiger partial charge in [0.15, 0.2) is 6.29 Å². The maximum atomic E-state index is 9.03. The first-order valence-electron chi connectivity index (χ1n) is 2.86. The van der Waals surface area contributed by atoms with E-state index in [0.717, 1.165) is 0 Å². The summed E-state index contributed by atoms with van der Waals surface area (Å²) in [6, 6.07) is 0. The number of hydrogen-bond donors (Lipinski definition) is 3. The standard InChI is InChI=1S/C5H10O3S/c6-3-1-5(7)8-4(3)2-9/h3-7,9H,1-2H2/t3-,4+,5?/m0/s1. The van der Waals surface area contributed by atoms with Crippen LogP contribution in [-0.4, -0.2) is 34.5 Å². The van der Waals surface area contributed by atoms with Crippen molar-refractivity contribution in [2.24, 2.45) is 0 Å². The Kier molecular flexibility index (Phi) is 2.35. The van der Waals surface area contributed by atoms with Crippen molar-refractivity contribution in [1.29, 1.82) is 0 Å². The molecular formula is C5H10O3S. The summed E-state index contributed by atoms with van der Waals surface area (Å²) >= 11 is 3.92. The Bertz CT molecular complexity index is 98.2. The molecule has 1 fully saturated rings. The molecule has 1 unspecified atom stereocenters. The van der Waals surface area contributed by atoms with Gasteiger partial charge in [-0.1, -0.05) is 0 Å². The Balaban J connectivity index is 2.38. The highest BCUT2D eigenvalue weighted by molar-refractivity contribution is 7.80. The summed E-state index contributed by atoms with van der Waals surface area (Å²) in [4.78, 5) is 0. The van der Waals surface area contributed by atoms with Gasteiger partial charge in [0.05, 0.1) is 12.2 Å². The van der Waals surface area contributed by atoms with Crippen LogP contribution in [0.5, 0.6) is 0 Å². The second-order valence-corrected chi connectivity index (χ2v) is 2.48. The van der Waals surface area contributed by atoms with E-state index in [-0.39, 0.29) is 6.10 Å². The van der Waals surface area contributed by atoms with E-state index in [1.165, 1.54) is 0 Å². The first-order valence-corrected chi connectivity index (χ1v) is 3.49. The van der Waals surface area contributed by atoms with Crippen LogP contribution in [0.25, 0.3) is 0 Å². The van der Waals surface area contributed by atoms with Gasteiger partial charge < -0.3 is 14.9 Å². The molecule has 0 spiro atoms. The molecule has 3 atom stereocenters. The SMILES string of the molecule is OC1C[C@H](O)[C@@H](CS)O1. The first-order chi connectivity index (χ1) is 4.24. The van der Waals surface area contributed by atoms with Gasteiger partial charge in [0.25, 0.3) is 0 Å². The lowest BCUT2D eigenvalue weighted by Gasteiger charge is -2.08. The third-order valence-electron chi connectivity index (χ3n) is 1.38. The van der Waals surface area contributed by atoms with E-state index in [0.29, 0.717) is 12.2 Å². The number of rotatable bonds is 1. The van der Waals surface area contributed by atoms with Gasteiger partial charge >= 0.3 is 0 Å². The summed E-state index contributed by atoms with van der Waals surface area (Å²) in [5, 5.41) is 17.8. The summed E-state index contributed by atoms with van der Waals surface area (Å²) in [6.45, 7) is 0. The third-order valence-corrected chi connectivity index (χ3v) is 1.74. The van der Waals surface area contributed by atoms with Crippen molar-refractivity contribution in [3.63, 3.8) is 0 Å². The van der Waals surface area contributed by atoms with Crippen molar-refractivity contribution in [3.8, 4) is 0 Å². The maximum Gasteiger partial charge on any atom is 0.157 e. The molecule has 0 aromatic rings. The van der Waals surface area contributed by atoms with Crippen molar-refractivity contribution < 1.29 is 14.9 Å². The van der Waals surface area contributed by atoms with E-state index in [1.54, 1.807) is 0 Å². The van der Waals surface area contributed by atoms with E-state index >= 15 is 0 Å². The normalized spacial score (nSPS) is 43.7. The molecule has 1 rings (SSSR count). The Morgan fingerprint density at radius 1 is 1.56 bits per heavy atom. The molecule has 1 heterocycles. The van der Waals surface area contributed by atoms with Crippen LogP contribution in [0.4, 0.5) is 0 Å². The van der Waals surface area contributed by atoms with Crippen molar-refractivity contribution >= 4 is 12.6 Å². The van der Waals surface area contributed by atoms with E-state index < -0.39 is 12.4 Å². The number of thiol groups is 1. The summed E-state index contributed by atoms with van der Waals surface area (Å²) in [6.07, 6.45) is -1.32. The average Bonchev–Trinajstić information content (AvgIpc) is 2.10. The highest BCUT2D eigenvalue weighted by Gasteiger charge is 2.31. The first kappa shape index (κ1) is 7.34. The maximum absolute atomic E-state index is 9.03. The molecule has 2 N–H and O–H groups in total. The van der Waals surface area contributed by atoms with Gasteiger partial charge in [-0.2, -0.15) is 12.6 Å². The molecule has 1 aliphatic heterocycles. The molecule has 4 heteroatoms. The van der Waals surface area contributed by atoms with Crippen LogP contribution in [-0.2, 0) is 4.74 Å². The smallest absolute Gasteiger partial charge is 0.157 e.